The van der Waals surface area contributed by atoms with Gasteiger partial charge in [-0.15, -0.1) is 0 Å². The van der Waals surface area contributed by atoms with Crippen LogP contribution in [0.5, 0.6) is 0 Å². The van der Waals surface area contributed by atoms with Crippen LogP contribution in [0.15, 0.2) is 52.4 Å². The Balaban J connectivity index is 2.27. The summed E-state index contributed by atoms with van der Waals surface area (Å²) in [6.07, 6.45) is 2.58. The van der Waals surface area contributed by atoms with Gasteiger partial charge in [0.1, 0.15) is 4.90 Å². The third kappa shape index (κ3) is 3.15. The zero-order chi connectivity index (χ0) is 14.8. The maximum Gasteiger partial charge on any atom is 0.246 e. The van der Waals surface area contributed by atoms with Crippen molar-refractivity contribution in [3.8, 4) is 0 Å². The van der Waals surface area contributed by atoms with Gasteiger partial charge in [-0.3, -0.25) is 4.79 Å². The quantitative estimate of drug-likeness (QED) is 0.900. The molecule has 0 saturated carbocycles. The van der Waals surface area contributed by atoms with Crippen molar-refractivity contribution in [3.05, 3.63) is 64.1 Å². The average Bonchev–Trinajstić information content (AvgIpc) is 2.39. The topological polar surface area (TPSA) is 79.0 Å². The Labute approximate surface area is 117 Å². The first-order valence-electron chi connectivity index (χ1n) is 6.16. The smallest absolute Gasteiger partial charge is 0.246 e. The van der Waals surface area contributed by atoms with Gasteiger partial charge in [-0.1, -0.05) is 29.8 Å². The maximum atomic E-state index is 12.2. The minimum absolute atomic E-state index is 0.279. The van der Waals surface area contributed by atoms with Gasteiger partial charge < -0.3 is 4.98 Å². The standard InChI is InChI=1S/C14H16N2O3S/c1-10-3-5-12(6-4-10)11(2)16-20(18,19)14-9-15-8-7-13(14)17/h3-9,11,16H,1-2H3,(H,15,17). The van der Waals surface area contributed by atoms with Gasteiger partial charge in [0.15, 0.2) is 0 Å². The Morgan fingerprint density at radius 3 is 2.40 bits per heavy atom. The van der Waals surface area contributed by atoms with Crippen LogP contribution < -0.4 is 10.2 Å². The van der Waals surface area contributed by atoms with E-state index in [1.54, 1.807) is 6.92 Å². The zero-order valence-electron chi connectivity index (χ0n) is 11.3. The van der Waals surface area contributed by atoms with Crippen LogP contribution in [0.4, 0.5) is 0 Å². The first kappa shape index (κ1) is 14.5. The predicted molar refractivity (Wildman–Crippen MR) is 77.0 cm³/mol. The van der Waals surface area contributed by atoms with E-state index in [9.17, 15) is 13.2 Å². The van der Waals surface area contributed by atoms with E-state index in [2.05, 4.69) is 9.71 Å². The number of aromatic amines is 1. The highest BCUT2D eigenvalue weighted by Crippen LogP contribution is 2.15. The van der Waals surface area contributed by atoms with Gasteiger partial charge in [0.25, 0.3) is 0 Å². The molecule has 1 atom stereocenters. The number of rotatable bonds is 4. The lowest BCUT2D eigenvalue weighted by atomic mass is 10.1. The Morgan fingerprint density at radius 2 is 1.80 bits per heavy atom. The number of aromatic nitrogens is 1. The van der Waals surface area contributed by atoms with Crippen molar-refractivity contribution in [2.45, 2.75) is 24.8 Å². The fourth-order valence-electron chi connectivity index (χ4n) is 1.83. The Bertz CT molecular complexity index is 748. The van der Waals surface area contributed by atoms with Gasteiger partial charge in [0.2, 0.25) is 15.5 Å². The number of aryl methyl sites for hydroxylation is 1. The number of sulfonamides is 1. The summed E-state index contributed by atoms with van der Waals surface area (Å²) in [7, 11) is -3.84. The molecule has 106 valence electrons. The van der Waals surface area contributed by atoms with E-state index in [0.717, 1.165) is 11.1 Å². The van der Waals surface area contributed by atoms with Gasteiger partial charge in [-0.2, -0.15) is 0 Å². The van der Waals surface area contributed by atoms with Gasteiger partial charge in [-0.05, 0) is 19.4 Å². The molecule has 5 nitrogen and oxygen atoms in total. The number of benzene rings is 1. The first-order valence-corrected chi connectivity index (χ1v) is 7.64. The van der Waals surface area contributed by atoms with E-state index in [4.69, 9.17) is 0 Å². The van der Waals surface area contributed by atoms with Crippen molar-refractivity contribution in [2.75, 3.05) is 0 Å². The summed E-state index contributed by atoms with van der Waals surface area (Å²) >= 11 is 0. The fourth-order valence-corrected chi connectivity index (χ4v) is 3.11. The van der Waals surface area contributed by atoms with E-state index in [1.807, 2.05) is 31.2 Å². The summed E-state index contributed by atoms with van der Waals surface area (Å²) in [5, 5.41) is 0. The number of hydrogen-bond acceptors (Lipinski definition) is 3. The molecule has 1 aromatic carbocycles. The van der Waals surface area contributed by atoms with E-state index >= 15 is 0 Å². The normalized spacial score (nSPS) is 13.1. The van der Waals surface area contributed by atoms with E-state index in [1.165, 1.54) is 18.5 Å². The molecule has 0 aliphatic carbocycles. The lowest BCUT2D eigenvalue weighted by molar-refractivity contribution is 0.565. The van der Waals surface area contributed by atoms with Crippen LogP contribution in [0, 0.1) is 6.92 Å². The van der Waals surface area contributed by atoms with Crippen molar-refractivity contribution in [1.29, 1.82) is 0 Å². The van der Waals surface area contributed by atoms with Crippen LogP contribution in [-0.4, -0.2) is 13.4 Å². The fraction of sp³-hybridized carbons (Fsp3) is 0.214. The lowest BCUT2D eigenvalue weighted by Crippen LogP contribution is -2.30. The van der Waals surface area contributed by atoms with Crippen LogP contribution in [-0.2, 0) is 10.0 Å². The number of nitrogens with one attached hydrogen (secondary N) is 2. The average molecular weight is 292 g/mol. The van der Waals surface area contributed by atoms with Crippen molar-refractivity contribution in [3.63, 3.8) is 0 Å². The zero-order valence-corrected chi connectivity index (χ0v) is 12.1. The third-order valence-corrected chi connectivity index (χ3v) is 4.55. The second kappa shape index (κ2) is 5.60. The van der Waals surface area contributed by atoms with Crippen molar-refractivity contribution >= 4 is 10.0 Å². The largest absolute Gasteiger partial charge is 0.366 e. The summed E-state index contributed by atoms with van der Waals surface area (Å²) in [4.78, 5) is 13.9. The molecule has 1 aromatic heterocycles. The summed E-state index contributed by atoms with van der Waals surface area (Å²) in [5.41, 5.74) is 1.40. The van der Waals surface area contributed by atoms with Crippen LogP contribution in [0.1, 0.15) is 24.1 Å². The summed E-state index contributed by atoms with van der Waals surface area (Å²) in [6, 6.07) is 8.31. The van der Waals surface area contributed by atoms with Crippen LogP contribution in [0.3, 0.4) is 0 Å². The molecule has 0 radical (unpaired) electrons. The molecule has 1 unspecified atom stereocenters. The molecule has 2 rings (SSSR count). The minimum atomic E-state index is -3.84. The third-order valence-electron chi connectivity index (χ3n) is 2.99. The van der Waals surface area contributed by atoms with Crippen molar-refractivity contribution < 1.29 is 8.42 Å². The number of hydrogen-bond donors (Lipinski definition) is 2. The Kier molecular flexibility index (Phi) is 4.06. The van der Waals surface area contributed by atoms with E-state index in [-0.39, 0.29) is 4.90 Å². The number of H-pyrrole nitrogens is 1. The van der Waals surface area contributed by atoms with Gasteiger partial charge in [0, 0.05) is 24.5 Å². The highest BCUT2D eigenvalue weighted by Gasteiger charge is 2.20. The monoisotopic (exact) mass is 292 g/mol. The molecule has 0 amide bonds. The first-order chi connectivity index (χ1) is 9.40. The van der Waals surface area contributed by atoms with Gasteiger partial charge >= 0.3 is 0 Å². The van der Waals surface area contributed by atoms with Crippen molar-refractivity contribution in [2.24, 2.45) is 0 Å². The highest BCUT2D eigenvalue weighted by molar-refractivity contribution is 7.89. The minimum Gasteiger partial charge on any atom is -0.366 e. The molecule has 2 N–H and O–H groups in total. The summed E-state index contributed by atoms with van der Waals surface area (Å²) in [6.45, 7) is 3.70. The van der Waals surface area contributed by atoms with Crippen LogP contribution >= 0.6 is 0 Å². The molecule has 2 aromatic rings. The Hall–Kier alpha value is -1.92. The van der Waals surface area contributed by atoms with Crippen LogP contribution in [0.25, 0.3) is 0 Å². The van der Waals surface area contributed by atoms with E-state index in [0.29, 0.717) is 0 Å². The molecule has 6 heteroatoms. The van der Waals surface area contributed by atoms with Gasteiger partial charge in [0.05, 0.1) is 0 Å². The second-order valence-electron chi connectivity index (χ2n) is 4.63. The summed E-state index contributed by atoms with van der Waals surface area (Å²) < 4.78 is 26.8. The molecule has 0 spiro atoms. The molecular weight excluding hydrogens is 276 g/mol. The van der Waals surface area contributed by atoms with Crippen molar-refractivity contribution in [1.82, 2.24) is 9.71 Å². The SMILES string of the molecule is Cc1ccc(C(C)NS(=O)(=O)c2c[nH]ccc2=O)cc1. The lowest BCUT2D eigenvalue weighted by Gasteiger charge is -2.14. The second-order valence-corrected chi connectivity index (χ2v) is 6.31. The molecule has 20 heavy (non-hydrogen) atoms. The molecule has 0 saturated heterocycles. The summed E-state index contributed by atoms with van der Waals surface area (Å²) in [5.74, 6) is 0. The molecule has 0 fully saturated rings. The molecule has 1 heterocycles. The Morgan fingerprint density at radius 1 is 1.15 bits per heavy atom. The highest BCUT2D eigenvalue weighted by atomic mass is 32.2. The molecule has 0 bridgehead atoms. The van der Waals surface area contributed by atoms with Crippen LogP contribution in [0.2, 0.25) is 0 Å². The maximum absolute atomic E-state index is 12.2. The van der Waals surface area contributed by atoms with E-state index < -0.39 is 21.5 Å². The molecule has 0 aliphatic heterocycles. The number of pyridine rings is 1. The molecular formula is C14H16N2O3S. The predicted octanol–water partition coefficient (Wildman–Crippen LogP) is 1.72. The van der Waals surface area contributed by atoms with Gasteiger partial charge in [-0.25, -0.2) is 13.1 Å². The molecule has 0 aliphatic rings.